The Labute approximate surface area is 108 Å². The molecule has 0 fully saturated rings. The third-order valence-corrected chi connectivity index (χ3v) is 15.5. The maximum Gasteiger partial charge on any atom is 0.194 e. The molecule has 0 amide bonds. The van der Waals surface area contributed by atoms with Gasteiger partial charge in [-0.2, -0.15) is 33.5 Å². The van der Waals surface area contributed by atoms with Crippen molar-refractivity contribution in [3.05, 3.63) is 12.1 Å². The lowest BCUT2D eigenvalue weighted by molar-refractivity contribution is 1.42. The Morgan fingerprint density at radius 2 is 1.33 bits per heavy atom. The smallest absolute Gasteiger partial charge is 0.160 e. The molecule has 1 aromatic rings. The van der Waals surface area contributed by atoms with E-state index < -0.39 is 14.8 Å². The Morgan fingerprint density at radius 3 is 1.60 bits per heavy atom. The SMILES string of the molecule is CC[Si](C)(Cl)c1ccc([Si](C)(Cl)CC)s1. The maximum absolute atomic E-state index is 6.57. The number of halogens is 2. The lowest BCUT2D eigenvalue weighted by Crippen LogP contribution is -2.38. The monoisotopic (exact) mass is 296 g/mol. The molecule has 1 heterocycles. The van der Waals surface area contributed by atoms with Gasteiger partial charge in [0.05, 0.1) is 0 Å². The molecule has 0 nitrogen and oxygen atoms in total. The number of thiophene rings is 1. The third kappa shape index (κ3) is 3.10. The second-order valence-corrected chi connectivity index (χ2v) is 18.4. The summed E-state index contributed by atoms with van der Waals surface area (Å²) in [5.41, 5.74) is 0. The van der Waals surface area contributed by atoms with Gasteiger partial charge < -0.3 is 0 Å². The highest BCUT2D eigenvalue weighted by atomic mass is 35.6. The summed E-state index contributed by atoms with van der Waals surface area (Å²) in [4.78, 5) is 0. The molecule has 1 rings (SSSR count). The molecule has 0 spiro atoms. The molecule has 0 N–H and O–H groups in total. The summed E-state index contributed by atoms with van der Waals surface area (Å²) in [6, 6.07) is 6.57. The highest BCUT2D eigenvalue weighted by Gasteiger charge is 2.31. The summed E-state index contributed by atoms with van der Waals surface area (Å²) in [6.45, 7) is 8.78. The predicted octanol–water partition coefficient (Wildman–Crippen LogP) is 3.83. The van der Waals surface area contributed by atoms with Gasteiger partial charge in [0.25, 0.3) is 0 Å². The Hall–Kier alpha value is 0.714. The first kappa shape index (κ1) is 13.8. The highest BCUT2D eigenvalue weighted by Crippen LogP contribution is 2.21. The minimum absolute atomic E-state index is 1.08. The van der Waals surface area contributed by atoms with Gasteiger partial charge in [0.2, 0.25) is 0 Å². The Kier molecular flexibility index (Phi) is 4.52. The van der Waals surface area contributed by atoms with E-state index in [2.05, 4.69) is 39.1 Å². The van der Waals surface area contributed by atoms with E-state index in [-0.39, 0.29) is 0 Å². The molecular weight excluding hydrogens is 279 g/mol. The van der Waals surface area contributed by atoms with E-state index in [1.54, 1.807) is 0 Å². The van der Waals surface area contributed by atoms with Gasteiger partial charge in [0, 0.05) is 9.00 Å². The van der Waals surface area contributed by atoms with Crippen LogP contribution < -0.4 is 9.00 Å². The topological polar surface area (TPSA) is 0 Å². The fraction of sp³-hybridized carbons (Fsp3) is 0.600. The average Bonchev–Trinajstić information content (AvgIpc) is 2.67. The standard InChI is InChI=1S/C10H18Cl2SSi2/c1-5-14(3,11)9-7-8-10(13-9)15(4,12)6-2/h7-8H,5-6H2,1-4H3. The van der Waals surface area contributed by atoms with Gasteiger partial charge in [-0.1, -0.05) is 39.1 Å². The molecule has 0 radical (unpaired) electrons. The summed E-state index contributed by atoms with van der Waals surface area (Å²) >= 11 is 15.0. The second kappa shape index (κ2) is 4.92. The predicted molar refractivity (Wildman–Crippen MR) is 79.5 cm³/mol. The summed E-state index contributed by atoms with van der Waals surface area (Å²) in [5.74, 6) is 0. The zero-order valence-electron chi connectivity index (χ0n) is 9.73. The van der Waals surface area contributed by atoms with E-state index in [0.29, 0.717) is 0 Å². The van der Waals surface area contributed by atoms with Gasteiger partial charge >= 0.3 is 0 Å². The summed E-state index contributed by atoms with van der Waals surface area (Å²) in [5, 5.41) is 0. The van der Waals surface area contributed by atoms with Crippen molar-refractivity contribution >= 4 is 57.3 Å². The molecule has 0 saturated carbocycles. The van der Waals surface area contributed by atoms with Crippen molar-refractivity contribution in [1.29, 1.82) is 0 Å². The quantitative estimate of drug-likeness (QED) is 0.585. The first-order chi connectivity index (χ1) is 6.83. The minimum atomic E-state index is -1.67. The van der Waals surface area contributed by atoms with Crippen LogP contribution in [0.25, 0.3) is 0 Å². The van der Waals surface area contributed by atoms with E-state index in [1.165, 1.54) is 9.00 Å². The van der Waals surface area contributed by atoms with Gasteiger partial charge in [-0.3, -0.25) is 0 Å². The molecule has 0 aliphatic carbocycles. The fourth-order valence-corrected chi connectivity index (χ4v) is 7.92. The summed E-state index contributed by atoms with van der Waals surface area (Å²) in [7, 11) is -3.34. The fourth-order valence-electron chi connectivity index (χ4n) is 1.25. The van der Waals surface area contributed by atoms with Crippen LogP contribution in [0.2, 0.25) is 25.2 Å². The Bertz CT molecular complexity index is 303. The average molecular weight is 297 g/mol. The van der Waals surface area contributed by atoms with Crippen LogP contribution in [0.5, 0.6) is 0 Å². The maximum atomic E-state index is 6.57. The molecule has 0 aliphatic heterocycles. The van der Waals surface area contributed by atoms with Crippen LogP contribution in [-0.2, 0) is 0 Å². The van der Waals surface area contributed by atoms with E-state index in [4.69, 9.17) is 22.2 Å². The van der Waals surface area contributed by atoms with Crippen LogP contribution in [0.4, 0.5) is 0 Å². The van der Waals surface area contributed by atoms with Crippen LogP contribution in [0.15, 0.2) is 12.1 Å². The number of hydrogen-bond acceptors (Lipinski definition) is 1. The van der Waals surface area contributed by atoms with E-state index >= 15 is 0 Å². The van der Waals surface area contributed by atoms with Crippen molar-refractivity contribution in [2.75, 3.05) is 0 Å². The van der Waals surface area contributed by atoms with Crippen molar-refractivity contribution in [2.45, 2.75) is 39.0 Å². The summed E-state index contributed by atoms with van der Waals surface area (Å²) in [6.07, 6.45) is 0. The molecule has 0 aromatic carbocycles. The minimum Gasteiger partial charge on any atom is -0.160 e. The molecule has 2 atom stereocenters. The van der Waals surface area contributed by atoms with Crippen LogP contribution in [0, 0.1) is 0 Å². The summed E-state index contributed by atoms with van der Waals surface area (Å²) < 4.78 is 2.77. The first-order valence-electron chi connectivity index (χ1n) is 5.32. The second-order valence-electron chi connectivity index (χ2n) is 4.27. The number of rotatable bonds is 4. The van der Waals surface area contributed by atoms with Gasteiger partial charge in [-0.25, -0.2) is 0 Å². The van der Waals surface area contributed by atoms with Crippen molar-refractivity contribution in [1.82, 2.24) is 0 Å². The van der Waals surface area contributed by atoms with Crippen LogP contribution >= 0.6 is 33.5 Å². The van der Waals surface area contributed by atoms with Crippen LogP contribution in [0.1, 0.15) is 13.8 Å². The molecule has 1 aromatic heterocycles. The third-order valence-electron chi connectivity index (χ3n) is 2.96. The highest BCUT2D eigenvalue weighted by molar-refractivity contribution is 7.47. The van der Waals surface area contributed by atoms with Gasteiger partial charge in [0.1, 0.15) is 0 Å². The van der Waals surface area contributed by atoms with E-state index in [0.717, 1.165) is 12.1 Å². The molecule has 0 saturated heterocycles. The Morgan fingerprint density at radius 1 is 1.00 bits per heavy atom. The lowest BCUT2D eigenvalue weighted by Gasteiger charge is -2.16. The van der Waals surface area contributed by atoms with Crippen molar-refractivity contribution < 1.29 is 0 Å². The van der Waals surface area contributed by atoms with Crippen molar-refractivity contribution in [3.63, 3.8) is 0 Å². The zero-order chi connectivity index (χ0) is 11.7. The first-order valence-corrected chi connectivity index (χ1v) is 13.6. The Balaban J connectivity index is 3.00. The molecule has 2 unspecified atom stereocenters. The normalized spacial score (nSPS) is 19.6. The van der Waals surface area contributed by atoms with Crippen molar-refractivity contribution in [2.24, 2.45) is 0 Å². The van der Waals surface area contributed by atoms with Crippen molar-refractivity contribution in [3.8, 4) is 0 Å². The zero-order valence-corrected chi connectivity index (χ0v) is 14.1. The van der Waals surface area contributed by atoms with Gasteiger partial charge in [-0.05, 0) is 12.1 Å². The molecular formula is C10H18Cl2SSi2. The largest absolute Gasteiger partial charge is 0.194 e. The number of hydrogen-bond donors (Lipinski definition) is 0. The van der Waals surface area contributed by atoms with Gasteiger partial charge in [-0.15, -0.1) is 0 Å². The van der Waals surface area contributed by atoms with Crippen LogP contribution in [0.3, 0.4) is 0 Å². The molecule has 86 valence electrons. The van der Waals surface area contributed by atoms with Gasteiger partial charge in [0.15, 0.2) is 14.8 Å². The lowest BCUT2D eigenvalue weighted by atomic mass is 10.7. The van der Waals surface area contributed by atoms with Crippen LogP contribution in [-0.4, -0.2) is 14.8 Å². The molecule has 15 heavy (non-hydrogen) atoms. The molecule has 0 bridgehead atoms. The molecule has 5 heteroatoms. The molecule has 0 aliphatic rings. The van der Waals surface area contributed by atoms with E-state index in [9.17, 15) is 0 Å². The van der Waals surface area contributed by atoms with E-state index in [1.807, 2.05) is 11.3 Å².